The predicted molar refractivity (Wildman–Crippen MR) is 76.2 cm³/mol. The molecular formula is C15H32N2. The average Bonchev–Trinajstić information content (AvgIpc) is 2.71. The molecule has 1 saturated heterocycles. The fourth-order valence-corrected chi connectivity index (χ4v) is 3.36. The third kappa shape index (κ3) is 4.26. The van der Waals surface area contributed by atoms with Crippen molar-refractivity contribution in [3.63, 3.8) is 0 Å². The normalized spacial score (nSPS) is 27.5. The lowest BCUT2D eigenvalue weighted by Gasteiger charge is -2.35. The molecule has 3 unspecified atom stereocenters. The molecule has 0 aliphatic carbocycles. The number of likely N-dealkylation sites (tertiary alicyclic amines) is 1. The summed E-state index contributed by atoms with van der Waals surface area (Å²) < 4.78 is 0. The third-order valence-corrected chi connectivity index (χ3v) is 4.40. The largest absolute Gasteiger partial charge is 0.329 e. The van der Waals surface area contributed by atoms with Gasteiger partial charge in [0.05, 0.1) is 0 Å². The van der Waals surface area contributed by atoms with Gasteiger partial charge >= 0.3 is 0 Å². The molecular weight excluding hydrogens is 208 g/mol. The first-order valence-electron chi connectivity index (χ1n) is 7.72. The number of rotatable bonds is 8. The van der Waals surface area contributed by atoms with E-state index in [1.54, 1.807) is 0 Å². The van der Waals surface area contributed by atoms with Crippen LogP contribution in [0.5, 0.6) is 0 Å². The van der Waals surface area contributed by atoms with Gasteiger partial charge in [-0.3, -0.25) is 4.90 Å². The Kier molecular flexibility index (Phi) is 7.14. The van der Waals surface area contributed by atoms with Gasteiger partial charge < -0.3 is 5.73 Å². The molecule has 0 saturated carbocycles. The Labute approximate surface area is 108 Å². The molecule has 1 fully saturated rings. The Morgan fingerprint density at radius 2 is 1.94 bits per heavy atom. The van der Waals surface area contributed by atoms with Crippen molar-refractivity contribution in [1.29, 1.82) is 0 Å². The van der Waals surface area contributed by atoms with Crippen LogP contribution in [0, 0.1) is 0 Å². The maximum atomic E-state index is 6.00. The minimum atomic E-state index is 0.634. The maximum Gasteiger partial charge on any atom is 0.0224 e. The molecule has 0 aromatic rings. The van der Waals surface area contributed by atoms with Crippen molar-refractivity contribution in [1.82, 2.24) is 4.90 Å². The lowest BCUT2D eigenvalue weighted by molar-refractivity contribution is 0.127. The van der Waals surface area contributed by atoms with Crippen LogP contribution >= 0.6 is 0 Å². The van der Waals surface area contributed by atoms with Gasteiger partial charge in [-0.15, -0.1) is 0 Å². The van der Waals surface area contributed by atoms with Crippen LogP contribution in [-0.2, 0) is 0 Å². The number of nitrogens with zero attached hydrogens (tertiary/aromatic N) is 1. The molecule has 0 bridgehead atoms. The summed E-state index contributed by atoms with van der Waals surface area (Å²) in [5, 5.41) is 0. The molecule has 3 atom stereocenters. The third-order valence-electron chi connectivity index (χ3n) is 4.40. The van der Waals surface area contributed by atoms with E-state index in [4.69, 9.17) is 5.73 Å². The zero-order chi connectivity index (χ0) is 12.7. The van der Waals surface area contributed by atoms with Crippen LogP contribution < -0.4 is 5.73 Å². The highest BCUT2D eigenvalue weighted by Gasteiger charge is 2.33. The molecule has 0 aromatic heterocycles. The quantitative estimate of drug-likeness (QED) is 0.657. The monoisotopic (exact) mass is 240 g/mol. The zero-order valence-electron chi connectivity index (χ0n) is 12.1. The van der Waals surface area contributed by atoms with Crippen molar-refractivity contribution >= 4 is 0 Å². The molecule has 0 spiro atoms. The molecule has 1 aliphatic rings. The van der Waals surface area contributed by atoms with Gasteiger partial charge in [0.25, 0.3) is 0 Å². The summed E-state index contributed by atoms with van der Waals surface area (Å²) in [6.45, 7) is 7.81. The lowest BCUT2D eigenvalue weighted by atomic mass is 10.0. The van der Waals surface area contributed by atoms with Crippen LogP contribution in [0.1, 0.15) is 72.1 Å². The molecule has 1 rings (SSSR count). The van der Waals surface area contributed by atoms with E-state index in [1.165, 1.54) is 51.4 Å². The van der Waals surface area contributed by atoms with Crippen molar-refractivity contribution < 1.29 is 0 Å². The van der Waals surface area contributed by atoms with E-state index in [9.17, 15) is 0 Å². The van der Waals surface area contributed by atoms with Gasteiger partial charge in [-0.05, 0) is 32.6 Å². The van der Waals surface area contributed by atoms with E-state index in [0.29, 0.717) is 6.04 Å². The highest BCUT2D eigenvalue weighted by Crippen LogP contribution is 2.29. The van der Waals surface area contributed by atoms with Crippen LogP contribution in [0.2, 0.25) is 0 Å². The summed E-state index contributed by atoms with van der Waals surface area (Å²) in [7, 11) is 0. The van der Waals surface area contributed by atoms with Gasteiger partial charge in [-0.25, -0.2) is 0 Å². The first kappa shape index (κ1) is 15.0. The van der Waals surface area contributed by atoms with Crippen LogP contribution in [0.15, 0.2) is 0 Å². The topological polar surface area (TPSA) is 29.3 Å². The van der Waals surface area contributed by atoms with Gasteiger partial charge in [-0.1, -0.05) is 39.5 Å². The highest BCUT2D eigenvalue weighted by molar-refractivity contribution is 4.89. The molecule has 1 heterocycles. The smallest absolute Gasteiger partial charge is 0.0224 e. The fourth-order valence-electron chi connectivity index (χ4n) is 3.36. The molecule has 102 valence electrons. The number of unbranched alkanes of at least 4 members (excludes halogenated alkanes) is 3. The molecule has 0 amide bonds. The Morgan fingerprint density at radius 1 is 1.18 bits per heavy atom. The number of hydrogen-bond donors (Lipinski definition) is 1. The fraction of sp³-hybridized carbons (Fsp3) is 1.00. The Hall–Kier alpha value is -0.0800. The van der Waals surface area contributed by atoms with Crippen LogP contribution in [0.4, 0.5) is 0 Å². The molecule has 0 aromatic carbocycles. The van der Waals surface area contributed by atoms with Crippen LogP contribution in [0.25, 0.3) is 0 Å². The van der Waals surface area contributed by atoms with E-state index >= 15 is 0 Å². The molecule has 1 aliphatic heterocycles. The average molecular weight is 240 g/mol. The second-order valence-corrected chi connectivity index (χ2v) is 5.67. The summed E-state index contributed by atoms with van der Waals surface area (Å²) in [5.74, 6) is 0. The standard InChI is InChI=1S/C15H32N2/c1-4-6-7-8-9-15(12-16)17-13(3)10-11-14(17)5-2/h13-15H,4-12,16H2,1-3H3. The summed E-state index contributed by atoms with van der Waals surface area (Å²) in [5.41, 5.74) is 6.00. The minimum Gasteiger partial charge on any atom is -0.329 e. The minimum absolute atomic E-state index is 0.634. The Balaban J connectivity index is 2.41. The van der Waals surface area contributed by atoms with E-state index in [0.717, 1.165) is 18.6 Å². The Bertz CT molecular complexity index is 193. The highest BCUT2D eigenvalue weighted by atomic mass is 15.2. The molecule has 2 N–H and O–H groups in total. The molecule has 17 heavy (non-hydrogen) atoms. The Morgan fingerprint density at radius 3 is 2.53 bits per heavy atom. The van der Waals surface area contributed by atoms with Crippen LogP contribution in [0.3, 0.4) is 0 Å². The summed E-state index contributed by atoms with van der Waals surface area (Å²) in [6, 6.07) is 2.18. The molecule has 2 heteroatoms. The van der Waals surface area contributed by atoms with Gasteiger partial charge in [0, 0.05) is 24.7 Å². The predicted octanol–water partition coefficient (Wildman–Crippen LogP) is 3.55. The second-order valence-electron chi connectivity index (χ2n) is 5.67. The number of nitrogens with two attached hydrogens (primary N) is 1. The van der Waals surface area contributed by atoms with Crippen molar-refractivity contribution in [2.45, 2.75) is 90.3 Å². The lowest BCUT2D eigenvalue weighted by Crippen LogP contribution is -2.46. The maximum absolute atomic E-state index is 6.00. The SMILES string of the molecule is CCCCCCC(CN)N1C(C)CCC1CC. The second kappa shape index (κ2) is 8.10. The molecule has 2 nitrogen and oxygen atoms in total. The van der Waals surface area contributed by atoms with E-state index in [2.05, 4.69) is 25.7 Å². The van der Waals surface area contributed by atoms with Gasteiger partial charge in [0.15, 0.2) is 0 Å². The first-order chi connectivity index (χ1) is 8.24. The molecule has 0 radical (unpaired) electrons. The van der Waals surface area contributed by atoms with Crippen molar-refractivity contribution in [3.8, 4) is 0 Å². The summed E-state index contributed by atoms with van der Waals surface area (Å²) in [6.07, 6.45) is 10.8. The van der Waals surface area contributed by atoms with Gasteiger partial charge in [-0.2, -0.15) is 0 Å². The summed E-state index contributed by atoms with van der Waals surface area (Å²) in [4.78, 5) is 2.73. The zero-order valence-corrected chi connectivity index (χ0v) is 12.1. The van der Waals surface area contributed by atoms with Crippen molar-refractivity contribution in [3.05, 3.63) is 0 Å². The van der Waals surface area contributed by atoms with Gasteiger partial charge in [0.2, 0.25) is 0 Å². The van der Waals surface area contributed by atoms with E-state index in [-0.39, 0.29) is 0 Å². The van der Waals surface area contributed by atoms with Crippen molar-refractivity contribution in [2.75, 3.05) is 6.54 Å². The van der Waals surface area contributed by atoms with E-state index < -0.39 is 0 Å². The first-order valence-corrected chi connectivity index (χ1v) is 7.72. The number of hydrogen-bond acceptors (Lipinski definition) is 2. The van der Waals surface area contributed by atoms with Crippen molar-refractivity contribution in [2.24, 2.45) is 5.73 Å². The van der Waals surface area contributed by atoms with Gasteiger partial charge in [0.1, 0.15) is 0 Å². The van der Waals surface area contributed by atoms with Crippen LogP contribution in [-0.4, -0.2) is 29.6 Å². The van der Waals surface area contributed by atoms with E-state index in [1.807, 2.05) is 0 Å². The summed E-state index contributed by atoms with van der Waals surface area (Å²) >= 11 is 0.